The van der Waals surface area contributed by atoms with Gasteiger partial charge in [-0.3, -0.25) is 0 Å². The number of benzene rings is 1. The van der Waals surface area contributed by atoms with Gasteiger partial charge in [-0.1, -0.05) is 0 Å². The Labute approximate surface area is 105 Å². The van der Waals surface area contributed by atoms with Crippen LogP contribution in [0, 0.1) is 16.5 Å². The monoisotopic (exact) mass is 267 g/mol. The molecule has 0 unspecified atom stereocenters. The highest BCUT2D eigenvalue weighted by molar-refractivity contribution is 8.03. The Hall–Kier alpha value is -1.65. The predicted molar refractivity (Wildman–Crippen MR) is 64.0 cm³/mol. The van der Waals surface area contributed by atoms with E-state index < -0.39 is 0 Å². The van der Waals surface area contributed by atoms with Crippen LogP contribution < -0.4 is 4.74 Å². The lowest BCUT2D eigenvalue weighted by Crippen LogP contribution is -1.93. The highest BCUT2D eigenvalue weighted by Gasteiger charge is 2.11. The molecule has 0 aliphatic carbocycles. The molecule has 0 N–H and O–H groups in total. The second kappa shape index (κ2) is 5.61. The molecule has 17 heavy (non-hydrogen) atoms. The van der Waals surface area contributed by atoms with Crippen LogP contribution in [0.3, 0.4) is 0 Å². The number of thioether (sulfide) groups is 1. The Morgan fingerprint density at radius 3 is 2.82 bits per heavy atom. The molecule has 1 aromatic heterocycles. The fraction of sp³-hybridized carbons (Fsp3) is 0.100. The highest BCUT2D eigenvalue weighted by atomic mass is 32.2. The smallest absolute Gasteiger partial charge is 0.254 e. The third-order valence-corrected chi connectivity index (χ3v) is 2.77. The summed E-state index contributed by atoms with van der Waals surface area (Å²) >= 11 is 1.99. The van der Waals surface area contributed by atoms with Crippen molar-refractivity contribution in [1.82, 2.24) is 8.75 Å². The van der Waals surface area contributed by atoms with Gasteiger partial charge in [0.1, 0.15) is 22.9 Å². The van der Waals surface area contributed by atoms with Crippen LogP contribution in [0.2, 0.25) is 0 Å². The van der Waals surface area contributed by atoms with Gasteiger partial charge >= 0.3 is 0 Å². The maximum absolute atomic E-state index is 12.8. The normalized spacial score (nSPS) is 9.88. The van der Waals surface area contributed by atoms with Crippen LogP contribution >= 0.6 is 23.5 Å². The molecule has 4 nitrogen and oxygen atoms in total. The summed E-state index contributed by atoms with van der Waals surface area (Å²) < 4.78 is 26.1. The van der Waals surface area contributed by atoms with Crippen LogP contribution in [0.25, 0.3) is 11.3 Å². The van der Waals surface area contributed by atoms with Crippen LogP contribution in [-0.4, -0.2) is 14.7 Å². The molecule has 1 aromatic carbocycles. The summed E-state index contributed by atoms with van der Waals surface area (Å²) in [6.07, 6.45) is 0. The van der Waals surface area contributed by atoms with Gasteiger partial charge in [0.05, 0.1) is 11.7 Å². The SMILES string of the molecule is N#CSCOc1nsnc1-c1ccc(F)cc1. The molecule has 0 amide bonds. The van der Waals surface area contributed by atoms with E-state index in [-0.39, 0.29) is 11.8 Å². The second-order valence-corrected chi connectivity index (χ2v) is 4.16. The largest absolute Gasteiger partial charge is 0.463 e. The minimum absolute atomic E-state index is 0.191. The maximum atomic E-state index is 12.8. The number of hydrogen-bond donors (Lipinski definition) is 0. The fourth-order valence-electron chi connectivity index (χ4n) is 1.17. The first-order chi connectivity index (χ1) is 8.31. The van der Waals surface area contributed by atoms with Crippen LogP contribution in [0.1, 0.15) is 0 Å². The molecule has 86 valence electrons. The number of nitriles is 1. The molecule has 0 fully saturated rings. The summed E-state index contributed by atoms with van der Waals surface area (Å²) in [7, 11) is 0. The van der Waals surface area contributed by atoms with E-state index in [1.165, 1.54) is 12.1 Å². The van der Waals surface area contributed by atoms with E-state index in [1.807, 2.05) is 5.40 Å². The quantitative estimate of drug-likeness (QED) is 0.484. The molecule has 2 aromatic rings. The molecule has 0 bridgehead atoms. The molecule has 0 aliphatic rings. The van der Waals surface area contributed by atoms with Gasteiger partial charge in [-0.25, -0.2) is 4.39 Å². The predicted octanol–water partition coefficient (Wildman–Crippen LogP) is 2.89. The third kappa shape index (κ3) is 2.93. The van der Waals surface area contributed by atoms with Gasteiger partial charge in [0.2, 0.25) is 0 Å². The van der Waals surface area contributed by atoms with Gasteiger partial charge in [-0.05, 0) is 36.0 Å². The average molecular weight is 267 g/mol. The Balaban J connectivity index is 2.19. The summed E-state index contributed by atoms with van der Waals surface area (Å²) in [4.78, 5) is 0. The van der Waals surface area contributed by atoms with Crippen molar-refractivity contribution in [2.45, 2.75) is 0 Å². The van der Waals surface area contributed by atoms with Crippen molar-refractivity contribution in [3.05, 3.63) is 30.1 Å². The van der Waals surface area contributed by atoms with Crippen molar-refractivity contribution in [1.29, 1.82) is 5.26 Å². The first-order valence-electron chi connectivity index (χ1n) is 4.53. The number of hydrogen-bond acceptors (Lipinski definition) is 6. The maximum Gasteiger partial charge on any atom is 0.254 e. The molecule has 0 saturated carbocycles. The second-order valence-electron chi connectivity index (χ2n) is 2.92. The summed E-state index contributed by atoms with van der Waals surface area (Å²) in [6, 6.07) is 5.91. The first kappa shape index (κ1) is 11.8. The van der Waals surface area contributed by atoms with Crippen LogP contribution in [-0.2, 0) is 0 Å². The lowest BCUT2D eigenvalue weighted by atomic mass is 10.1. The zero-order valence-electron chi connectivity index (χ0n) is 8.46. The van der Waals surface area contributed by atoms with E-state index in [0.29, 0.717) is 11.6 Å². The minimum atomic E-state index is -0.306. The lowest BCUT2D eigenvalue weighted by molar-refractivity contribution is 0.383. The van der Waals surface area contributed by atoms with E-state index in [2.05, 4.69) is 8.75 Å². The van der Waals surface area contributed by atoms with Crippen molar-refractivity contribution in [2.75, 3.05) is 5.94 Å². The molecule has 0 aliphatic heterocycles. The van der Waals surface area contributed by atoms with Crippen LogP contribution in [0.15, 0.2) is 24.3 Å². The van der Waals surface area contributed by atoms with Gasteiger partial charge in [0.15, 0.2) is 0 Å². The first-order valence-corrected chi connectivity index (χ1v) is 6.25. The van der Waals surface area contributed by atoms with Gasteiger partial charge in [0, 0.05) is 5.56 Å². The number of halogens is 1. The lowest BCUT2D eigenvalue weighted by Gasteiger charge is -2.01. The Bertz CT molecular complexity index is 535. The van der Waals surface area contributed by atoms with Gasteiger partial charge in [-0.2, -0.15) is 9.64 Å². The molecule has 0 atom stereocenters. The van der Waals surface area contributed by atoms with Crippen molar-refractivity contribution >= 4 is 23.5 Å². The van der Waals surface area contributed by atoms with Crippen molar-refractivity contribution in [3.8, 4) is 22.5 Å². The molecule has 0 spiro atoms. The van der Waals surface area contributed by atoms with E-state index in [0.717, 1.165) is 29.1 Å². The molecule has 0 radical (unpaired) electrons. The van der Waals surface area contributed by atoms with E-state index >= 15 is 0 Å². The van der Waals surface area contributed by atoms with Crippen LogP contribution in [0.5, 0.6) is 5.88 Å². The molecule has 2 rings (SSSR count). The van der Waals surface area contributed by atoms with Crippen LogP contribution in [0.4, 0.5) is 4.39 Å². The number of thiocyanates is 1. The number of nitrogens with zero attached hydrogens (tertiary/aromatic N) is 3. The Morgan fingerprint density at radius 2 is 2.12 bits per heavy atom. The highest BCUT2D eigenvalue weighted by Crippen LogP contribution is 2.28. The van der Waals surface area contributed by atoms with Gasteiger partial charge in [0.25, 0.3) is 5.88 Å². The summed E-state index contributed by atoms with van der Waals surface area (Å²) in [5.41, 5.74) is 1.30. The summed E-state index contributed by atoms with van der Waals surface area (Å²) in [5.74, 6) is 0.250. The molecule has 1 heterocycles. The fourth-order valence-corrected chi connectivity index (χ4v) is 1.91. The van der Waals surface area contributed by atoms with Crippen molar-refractivity contribution < 1.29 is 9.13 Å². The number of rotatable bonds is 4. The Kier molecular flexibility index (Phi) is 3.90. The molecular weight excluding hydrogens is 261 g/mol. The Morgan fingerprint density at radius 1 is 1.35 bits per heavy atom. The average Bonchev–Trinajstić information content (AvgIpc) is 2.79. The van der Waals surface area contributed by atoms with E-state index in [4.69, 9.17) is 10.00 Å². The number of aromatic nitrogens is 2. The summed E-state index contributed by atoms with van der Waals surface area (Å²) in [6.45, 7) is 0. The zero-order valence-corrected chi connectivity index (χ0v) is 10.1. The van der Waals surface area contributed by atoms with Gasteiger partial charge in [-0.15, -0.1) is 4.37 Å². The molecular formula is C10H6FN3OS2. The van der Waals surface area contributed by atoms with Crippen molar-refractivity contribution in [3.63, 3.8) is 0 Å². The third-order valence-electron chi connectivity index (χ3n) is 1.90. The molecule has 0 saturated heterocycles. The van der Waals surface area contributed by atoms with E-state index in [9.17, 15) is 4.39 Å². The topological polar surface area (TPSA) is 58.8 Å². The zero-order chi connectivity index (χ0) is 12.1. The minimum Gasteiger partial charge on any atom is -0.463 e. The standard InChI is InChI=1S/C10H6FN3OS2/c11-8-3-1-7(2-4-8)9-10(14-17-13-9)15-6-16-5-12/h1-4H,6H2. The van der Waals surface area contributed by atoms with E-state index in [1.54, 1.807) is 12.1 Å². The number of ether oxygens (including phenoxy) is 1. The summed E-state index contributed by atoms with van der Waals surface area (Å²) in [5, 5.41) is 10.3. The molecule has 7 heteroatoms. The van der Waals surface area contributed by atoms with Gasteiger partial charge < -0.3 is 4.74 Å². The van der Waals surface area contributed by atoms with Crippen molar-refractivity contribution in [2.24, 2.45) is 0 Å².